The Bertz CT molecular complexity index is 1300. The number of halogens is 2. The highest BCUT2D eigenvalue weighted by atomic mass is 35.5. The van der Waals surface area contributed by atoms with Gasteiger partial charge in [0.25, 0.3) is 0 Å². The molecule has 1 amide bonds. The molecule has 0 aliphatic heterocycles. The summed E-state index contributed by atoms with van der Waals surface area (Å²) in [5, 5.41) is 22.2. The molecule has 182 valence electrons. The van der Waals surface area contributed by atoms with E-state index in [-0.39, 0.29) is 23.3 Å². The third-order valence-electron chi connectivity index (χ3n) is 5.56. The number of thioether (sulfide) groups is 1. The predicted octanol–water partition coefficient (Wildman–Crippen LogP) is 5.62. The van der Waals surface area contributed by atoms with Crippen LogP contribution in [0.2, 0.25) is 5.02 Å². The maximum Gasteiger partial charge on any atom is 0.235 e. The lowest BCUT2D eigenvalue weighted by Gasteiger charge is -2.17. The molecule has 35 heavy (non-hydrogen) atoms. The molecule has 1 aliphatic carbocycles. The van der Waals surface area contributed by atoms with E-state index in [2.05, 4.69) is 35.1 Å². The Kier molecular flexibility index (Phi) is 8.11. The Morgan fingerprint density at radius 2 is 2.34 bits per heavy atom. The fourth-order valence-corrected chi connectivity index (χ4v) is 6.20. The number of thiophene rings is 1. The van der Waals surface area contributed by atoms with Crippen molar-refractivity contribution in [3.63, 3.8) is 0 Å². The van der Waals surface area contributed by atoms with E-state index in [1.54, 1.807) is 10.6 Å². The largest absolute Gasteiger partial charge is 0.484 e. The summed E-state index contributed by atoms with van der Waals surface area (Å²) in [5.41, 5.74) is 1.67. The van der Waals surface area contributed by atoms with Crippen LogP contribution < -0.4 is 10.1 Å². The van der Waals surface area contributed by atoms with E-state index in [0.29, 0.717) is 39.8 Å². The number of rotatable bonds is 9. The molecular formula is C24H23ClFN5O2S2. The fourth-order valence-electron chi connectivity index (χ4n) is 3.83. The van der Waals surface area contributed by atoms with Gasteiger partial charge in [-0.1, -0.05) is 36.4 Å². The van der Waals surface area contributed by atoms with Crippen LogP contribution in [-0.2, 0) is 30.8 Å². The molecule has 3 aromatic rings. The quantitative estimate of drug-likeness (QED) is 0.284. The summed E-state index contributed by atoms with van der Waals surface area (Å²) >= 11 is 8.75. The van der Waals surface area contributed by atoms with Crippen LogP contribution in [0.3, 0.4) is 0 Å². The molecule has 0 bridgehead atoms. The second kappa shape index (κ2) is 11.2. The maximum atomic E-state index is 13.3. The number of hydrogen-bond acceptors (Lipinski definition) is 7. The summed E-state index contributed by atoms with van der Waals surface area (Å²) in [5.74, 6) is 0.857. The average Bonchev–Trinajstić information content (AvgIpc) is 3.36. The minimum Gasteiger partial charge on any atom is -0.484 e. The van der Waals surface area contributed by atoms with Crippen molar-refractivity contribution in [3.05, 3.63) is 63.5 Å². The Morgan fingerprint density at radius 1 is 1.51 bits per heavy atom. The van der Waals surface area contributed by atoms with Crippen molar-refractivity contribution in [3.8, 4) is 11.8 Å². The molecule has 11 heteroatoms. The summed E-state index contributed by atoms with van der Waals surface area (Å²) in [6.07, 6.45) is 4.56. The van der Waals surface area contributed by atoms with E-state index >= 15 is 0 Å². The van der Waals surface area contributed by atoms with Crippen LogP contribution in [0.1, 0.15) is 35.2 Å². The standard InChI is InChI=1S/C24H23ClFN5O2S2/c1-3-8-31-21(12-33-19-7-5-15(26)10-18(19)25)29-30-24(31)34-13-22(32)28-23-17(11-27)16-6-4-14(2)9-20(16)35-23/h3,5,7,10,14H,1,4,6,8-9,12-13H2,2H3,(H,28,32). The number of carbonyl (C=O) groups is 1. The van der Waals surface area contributed by atoms with Crippen LogP contribution in [0.15, 0.2) is 36.0 Å². The van der Waals surface area contributed by atoms with Gasteiger partial charge in [0.1, 0.15) is 29.2 Å². The van der Waals surface area contributed by atoms with Crippen LogP contribution in [0.25, 0.3) is 0 Å². The van der Waals surface area contributed by atoms with Gasteiger partial charge in [-0.25, -0.2) is 4.39 Å². The summed E-state index contributed by atoms with van der Waals surface area (Å²) in [4.78, 5) is 13.9. The third-order valence-corrected chi connectivity index (χ3v) is 8.00. The smallest absolute Gasteiger partial charge is 0.235 e. The molecular weight excluding hydrogens is 509 g/mol. The monoisotopic (exact) mass is 531 g/mol. The van der Waals surface area contributed by atoms with Gasteiger partial charge in [-0.05, 0) is 48.9 Å². The van der Waals surface area contributed by atoms with Crippen LogP contribution in [-0.4, -0.2) is 26.4 Å². The lowest BCUT2D eigenvalue weighted by atomic mass is 9.89. The van der Waals surface area contributed by atoms with Crippen LogP contribution in [0.4, 0.5) is 9.39 Å². The molecule has 1 aliphatic rings. The Balaban J connectivity index is 1.40. The van der Waals surface area contributed by atoms with Gasteiger partial charge in [0.05, 0.1) is 16.3 Å². The first-order valence-electron chi connectivity index (χ1n) is 11.0. The van der Waals surface area contributed by atoms with E-state index in [1.165, 1.54) is 46.2 Å². The predicted molar refractivity (Wildman–Crippen MR) is 136 cm³/mol. The first kappa shape index (κ1) is 25.2. The Morgan fingerprint density at radius 3 is 3.09 bits per heavy atom. The van der Waals surface area contributed by atoms with E-state index in [0.717, 1.165) is 24.8 Å². The highest BCUT2D eigenvalue weighted by molar-refractivity contribution is 7.99. The van der Waals surface area contributed by atoms with Gasteiger partial charge in [0.15, 0.2) is 11.0 Å². The number of hydrogen-bond donors (Lipinski definition) is 1. The number of fused-ring (bicyclic) bond motifs is 1. The van der Waals surface area contributed by atoms with Gasteiger partial charge >= 0.3 is 0 Å². The molecule has 1 N–H and O–H groups in total. The minimum atomic E-state index is -0.451. The minimum absolute atomic E-state index is 0.0592. The maximum absolute atomic E-state index is 13.3. The number of nitrogens with zero attached hydrogens (tertiary/aromatic N) is 4. The van der Waals surface area contributed by atoms with Gasteiger partial charge in [-0.15, -0.1) is 28.1 Å². The van der Waals surface area contributed by atoms with Crippen molar-refractivity contribution in [1.82, 2.24) is 14.8 Å². The van der Waals surface area contributed by atoms with Crippen molar-refractivity contribution < 1.29 is 13.9 Å². The zero-order chi connectivity index (χ0) is 24.9. The van der Waals surface area contributed by atoms with Crippen molar-refractivity contribution in [2.24, 2.45) is 5.92 Å². The lowest BCUT2D eigenvalue weighted by Crippen LogP contribution is -2.15. The van der Waals surface area contributed by atoms with Crippen LogP contribution in [0, 0.1) is 23.1 Å². The molecule has 2 aromatic heterocycles. The van der Waals surface area contributed by atoms with Crippen LogP contribution in [0.5, 0.6) is 5.75 Å². The molecule has 1 unspecified atom stereocenters. The molecule has 0 saturated carbocycles. The fraction of sp³-hybridized carbons (Fsp3) is 0.333. The topological polar surface area (TPSA) is 92.8 Å². The van der Waals surface area contributed by atoms with E-state index < -0.39 is 5.82 Å². The number of ether oxygens (including phenoxy) is 1. The molecule has 2 heterocycles. The molecule has 0 fully saturated rings. The van der Waals surface area contributed by atoms with Crippen molar-refractivity contribution in [2.75, 3.05) is 11.1 Å². The average molecular weight is 532 g/mol. The second-order valence-electron chi connectivity index (χ2n) is 8.17. The molecule has 0 saturated heterocycles. The van der Waals surface area contributed by atoms with E-state index in [4.69, 9.17) is 16.3 Å². The van der Waals surface area contributed by atoms with Crippen LogP contribution >= 0.6 is 34.7 Å². The SMILES string of the molecule is C=CCn1c(COc2ccc(F)cc2Cl)nnc1SCC(=O)Nc1sc2c(c1C#N)CCC(C)C2. The highest BCUT2D eigenvalue weighted by Crippen LogP contribution is 2.39. The zero-order valence-electron chi connectivity index (χ0n) is 19.0. The van der Waals surface area contributed by atoms with Gasteiger partial charge < -0.3 is 10.1 Å². The molecule has 1 atom stereocenters. The number of anilines is 1. The molecule has 0 radical (unpaired) electrons. The first-order chi connectivity index (χ1) is 16.9. The third kappa shape index (κ3) is 5.86. The van der Waals surface area contributed by atoms with Crippen molar-refractivity contribution >= 4 is 45.6 Å². The number of allylic oxidation sites excluding steroid dienone is 1. The Labute approximate surface area is 216 Å². The molecule has 7 nitrogen and oxygen atoms in total. The van der Waals surface area contributed by atoms with E-state index in [9.17, 15) is 14.4 Å². The van der Waals surface area contributed by atoms with Gasteiger partial charge in [0, 0.05) is 11.4 Å². The van der Waals surface area contributed by atoms with Crippen molar-refractivity contribution in [1.29, 1.82) is 5.26 Å². The molecule has 1 aromatic carbocycles. The van der Waals surface area contributed by atoms with E-state index in [1.807, 2.05) is 0 Å². The molecule has 0 spiro atoms. The van der Waals surface area contributed by atoms with Crippen molar-refractivity contribution in [2.45, 2.75) is 44.5 Å². The normalized spacial score (nSPS) is 14.7. The number of benzene rings is 1. The molecule has 4 rings (SSSR count). The first-order valence-corrected chi connectivity index (χ1v) is 13.2. The number of carbonyl (C=O) groups excluding carboxylic acids is 1. The second-order valence-corrected chi connectivity index (χ2v) is 10.6. The van der Waals surface area contributed by atoms with Gasteiger partial charge in [-0.3, -0.25) is 9.36 Å². The number of nitriles is 1. The summed E-state index contributed by atoms with van der Waals surface area (Å²) in [7, 11) is 0. The summed E-state index contributed by atoms with van der Waals surface area (Å²) in [6.45, 7) is 6.45. The number of amides is 1. The zero-order valence-corrected chi connectivity index (χ0v) is 21.4. The summed E-state index contributed by atoms with van der Waals surface area (Å²) < 4.78 is 20.7. The summed E-state index contributed by atoms with van der Waals surface area (Å²) in [6, 6.07) is 6.15. The van der Waals surface area contributed by atoms with Gasteiger partial charge in [0.2, 0.25) is 5.91 Å². The highest BCUT2D eigenvalue weighted by Gasteiger charge is 2.25. The number of nitrogens with one attached hydrogen (secondary N) is 1. The van der Waals surface area contributed by atoms with Gasteiger partial charge in [-0.2, -0.15) is 5.26 Å². The number of aromatic nitrogens is 3. The Hall–Kier alpha value is -2.87. The lowest BCUT2D eigenvalue weighted by molar-refractivity contribution is -0.113.